The lowest BCUT2D eigenvalue weighted by atomic mass is 10.1. The van der Waals surface area contributed by atoms with Gasteiger partial charge in [0.05, 0.1) is 0 Å². The van der Waals surface area contributed by atoms with E-state index in [-0.39, 0.29) is 6.04 Å². The minimum absolute atomic E-state index is 0.00303. The van der Waals surface area contributed by atoms with Crippen LogP contribution in [0.5, 0.6) is 0 Å². The van der Waals surface area contributed by atoms with Crippen LogP contribution in [0.1, 0.15) is 24.8 Å². The van der Waals surface area contributed by atoms with Gasteiger partial charge in [-0.25, -0.2) is 13.1 Å². The molecule has 0 aliphatic carbocycles. The Hall–Kier alpha value is -1.21. The van der Waals surface area contributed by atoms with Crippen molar-refractivity contribution in [2.75, 3.05) is 26.3 Å². The fraction of sp³-hybridized carbons (Fsp3) is 0.529. The van der Waals surface area contributed by atoms with Crippen molar-refractivity contribution in [2.45, 2.75) is 31.3 Å². The van der Waals surface area contributed by atoms with Crippen molar-refractivity contribution in [3.63, 3.8) is 0 Å². The molecule has 0 saturated carbocycles. The lowest BCUT2D eigenvalue weighted by Crippen LogP contribution is -2.41. The van der Waals surface area contributed by atoms with Gasteiger partial charge in [-0.3, -0.25) is 4.90 Å². The number of hydrogen-bond donors (Lipinski definition) is 1. The van der Waals surface area contributed by atoms with Gasteiger partial charge in [-0.1, -0.05) is 30.3 Å². The Morgan fingerprint density at radius 3 is 2.61 bits per heavy atom. The number of ether oxygens (including phenoxy) is 1. The zero-order valence-electron chi connectivity index (χ0n) is 13.2. The first-order chi connectivity index (χ1) is 11.1. The predicted octanol–water partition coefficient (Wildman–Crippen LogP) is 1.83. The largest absolute Gasteiger partial charge is 0.381 e. The van der Waals surface area contributed by atoms with Gasteiger partial charge in [0.15, 0.2) is 0 Å². The molecular formula is C17H24N2O3S. The Kier molecular flexibility index (Phi) is 5.48. The molecule has 0 bridgehead atoms. The minimum Gasteiger partial charge on any atom is -0.381 e. The summed E-state index contributed by atoms with van der Waals surface area (Å²) < 4.78 is 32.6. The zero-order valence-corrected chi connectivity index (χ0v) is 14.0. The first kappa shape index (κ1) is 16.6. The normalized spacial score (nSPS) is 24.4. The van der Waals surface area contributed by atoms with Gasteiger partial charge in [-0.05, 0) is 30.9 Å². The number of rotatable bonds is 5. The molecule has 1 aromatic rings. The van der Waals surface area contributed by atoms with Crippen molar-refractivity contribution in [1.29, 1.82) is 0 Å². The van der Waals surface area contributed by atoms with E-state index in [1.807, 2.05) is 30.3 Å². The summed E-state index contributed by atoms with van der Waals surface area (Å²) in [5.41, 5.74) is 0.883. The molecule has 0 spiro atoms. The molecular weight excluding hydrogens is 312 g/mol. The first-order valence-corrected chi connectivity index (χ1v) is 9.74. The van der Waals surface area contributed by atoms with Gasteiger partial charge in [0.1, 0.15) is 0 Å². The SMILES string of the molecule is O=S(=O)(/C=C/c1ccccc1)NC1CCN(C2CCOCC2)C1. The Balaban J connectivity index is 1.53. The molecule has 126 valence electrons. The summed E-state index contributed by atoms with van der Waals surface area (Å²) in [7, 11) is -3.40. The van der Waals surface area contributed by atoms with Gasteiger partial charge in [0, 0.05) is 43.8 Å². The number of likely N-dealkylation sites (tertiary alicyclic amines) is 1. The van der Waals surface area contributed by atoms with Crippen LogP contribution in [0.2, 0.25) is 0 Å². The standard InChI is InChI=1S/C17H24N2O3S/c20-23(21,13-9-15-4-2-1-3-5-15)18-16-6-10-19(14-16)17-7-11-22-12-8-17/h1-5,9,13,16-18H,6-8,10-12,14H2/b13-9+. The summed E-state index contributed by atoms with van der Waals surface area (Å²) in [5, 5.41) is 1.26. The second kappa shape index (κ2) is 7.57. The Morgan fingerprint density at radius 1 is 1.13 bits per heavy atom. The molecule has 0 aromatic heterocycles. The van der Waals surface area contributed by atoms with Crippen LogP contribution in [0.3, 0.4) is 0 Å². The van der Waals surface area contributed by atoms with Gasteiger partial charge in [-0.2, -0.15) is 0 Å². The van der Waals surface area contributed by atoms with E-state index in [2.05, 4.69) is 9.62 Å². The maximum Gasteiger partial charge on any atom is 0.234 e. The van der Waals surface area contributed by atoms with Crippen LogP contribution in [-0.4, -0.2) is 51.7 Å². The molecule has 1 aromatic carbocycles. The van der Waals surface area contributed by atoms with E-state index in [1.54, 1.807) is 6.08 Å². The van der Waals surface area contributed by atoms with Gasteiger partial charge in [-0.15, -0.1) is 0 Å². The molecule has 2 heterocycles. The van der Waals surface area contributed by atoms with E-state index in [0.29, 0.717) is 6.04 Å². The molecule has 1 atom stereocenters. The lowest BCUT2D eigenvalue weighted by molar-refractivity contribution is 0.0419. The molecule has 1 N–H and O–H groups in total. The summed E-state index contributed by atoms with van der Waals surface area (Å²) >= 11 is 0. The molecule has 2 aliphatic rings. The maximum atomic E-state index is 12.2. The van der Waals surface area contributed by atoms with Gasteiger partial charge >= 0.3 is 0 Å². The predicted molar refractivity (Wildman–Crippen MR) is 91.4 cm³/mol. The van der Waals surface area contributed by atoms with E-state index in [9.17, 15) is 8.42 Å². The number of hydrogen-bond acceptors (Lipinski definition) is 4. The van der Waals surface area contributed by atoms with Crippen LogP contribution >= 0.6 is 0 Å². The van der Waals surface area contributed by atoms with E-state index < -0.39 is 10.0 Å². The van der Waals surface area contributed by atoms with Crippen LogP contribution in [0, 0.1) is 0 Å². The highest BCUT2D eigenvalue weighted by Gasteiger charge is 2.30. The summed E-state index contributed by atoms with van der Waals surface area (Å²) in [4.78, 5) is 2.40. The summed E-state index contributed by atoms with van der Waals surface area (Å²) in [6, 6.07) is 10.0. The number of nitrogens with one attached hydrogen (secondary N) is 1. The first-order valence-electron chi connectivity index (χ1n) is 8.20. The van der Waals surface area contributed by atoms with Gasteiger partial charge in [0.25, 0.3) is 0 Å². The summed E-state index contributed by atoms with van der Waals surface area (Å²) in [5.74, 6) is 0. The highest BCUT2D eigenvalue weighted by molar-refractivity contribution is 7.92. The van der Waals surface area contributed by atoms with Crippen molar-refractivity contribution in [1.82, 2.24) is 9.62 Å². The quantitative estimate of drug-likeness (QED) is 0.891. The molecule has 2 saturated heterocycles. The van der Waals surface area contributed by atoms with Crippen molar-refractivity contribution in [2.24, 2.45) is 0 Å². The molecule has 0 radical (unpaired) electrons. The third kappa shape index (κ3) is 4.88. The maximum absolute atomic E-state index is 12.2. The molecule has 0 amide bonds. The Bertz CT molecular complexity index is 624. The molecule has 23 heavy (non-hydrogen) atoms. The van der Waals surface area contributed by atoms with Crippen molar-refractivity contribution >= 4 is 16.1 Å². The van der Waals surface area contributed by atoms with E-state index in [4.69, 9.17) is 4.74 Å². The fourth-order valence-electron chi connectivity index (χ4n) is 3.27. The molecule has 6 heteroatoms. The van der Waals surface area contributed by atoms with Crippen LogP contribution in [0.15, 0.2) is 35.7 Å². The third-order valence-corrected chi connectivity index (χ3v) is 5.65. The van der Waals surface area contributed by atoms with Crippen molar-refractivity contribution in [3.05, 3.63) is 41.3 Å². The average molecular weight is 336 g/mol. The third-order valence-electron chi connectivity index (χ3n) is 4.50. The fourth-order valence-corrected chi connectivity index (χ4v) is 4.34. The summed E-state index contributed by atoms with van der Waals surface area (Å²) in [6.07, 6.45) is 4.60. The topological polar surface area (TPSA) is 58.6 Å². The molecule has 5 nitrogen and oxygen atoms in total. The van der Waals surface area contributed by atoms with Crippen molar-refractivity contribution < 1.29 is 13.2 Å². The number of nitrogens with zero attached hydrogens (tertiary/aromatic N) is 1. The molecule has 1 unspecified atom stereocenters. The van der Waals surface area contributed by atoms with Crippen LogP contribution in [0.4, 0.5) is 0 Å². The van der Waals surface area contributed by atoms with E-state index >= 15 is 0 Å². The molecule has 2 fully saturated rings. The second-order valence-electron chi connectivity index (χ2n) is 6.20. The Labute approximate surface area is 138 Å². The second-order valence-corrected chi connectivity index (χ2v) is 7.80. The zero-order chi connectivity index (χ0) is 16.1. The smallest absolute Gasteiger partial charge is 0.234 e. The highest BCUT2D eigenvalue weighted by atomic mass is 32.2. The van der Waals surface area contributed by atoms with Crippen LogP contribution in [-0.2, 0) is 14.8 Å². The van der Waals surface area contributed by atoms with Crippen LogP contribution in [0.25, 0.3) is 6.08 Å². The Morgan fingerprint density at radius 2 is 1.87 bits per heavy atom. The van der Waals surface area contributed by atoms with E-state index in [0.717, 1.165) is 51.1 Å². The minimum atomic E-state index is -3.40. The van der Waals surface area contributed by atoms with Gasteiger partial charge in [0.2, 0.25) is 10.0 Å². The van der Waals surface area contributed by atoms with E-state index in [1.165, 1.54) is 5.41 Å². The number of benzene rings is 1. The monoisotopic (exact) mass is 336 g/mol. The van der Waals surface area contributed by atoms with Gasteiger partial charge < -0.3 is 4.74 Å². The lowest BCUT2D eigenvalue weighted by Gasteiger charge is -2.30. The summed E-state index contributed by atoms with van der Waals surface area (Å²) in [6.45, 7) is 3.39. The average Bonchev–Trinajstić information content (AvgIpc) is 3.03. The number of sulfonamides is 1. The molecule has 2 aliphatic heterocycles. The molecule has 3 rings (SSSR count). The highest BCUT2D eigenvalue weighted by Crippen LogP contribution is 2.20. The van der Waals surface area contributed by atoms with Crippen molar-refractivity contribution in [3.8, 4) is 0 Å². The van der Waals surface area contributed by atoms with Crippen LogP contribution < -0.4 is 4.72 Å².